The number of imide groups is 1. The van der Waals surface area contributed by atoms with Gasteiger partial charge in [-0.15, -0.1) is 0 Å². The van der Waals surface area contributed by atoms with E-state index in [4.69, 9.17) is 5.73 Å². The van der Waals surface area contributed by atoms with Crippen molar-refractivity contribution in [2.45, 2.75) is 32.7 Å². The smallest absolute Gasteiger partial charge is 0.325 e. The van der Waals surface area contributed by atoms with E-state index in [2.05, 4.69) is 5.32 Å². The Morgan fingerprint density at radius 1 is 1.30 bits per heavy atom. The molecule has 5 nitrogen and oxygen atoms in total. The molecule has 1 aromatic rings. The summed E-state index contributed by atoms with van der Waals surface area (Å²) in [7, 11) is 0. The van der Waals surface area contributed by atoms with Crippen molar-refractivity contribution < 1.29 is 9.59 Å². The molecule has 3 amide bonds. The van der Waals surface area contributed by atoms with Gasteiger partial charge in [0.1, 0.15) is 5.54 Å². The number of benzene rings is 1. The molecular weight excluding hydrogens is 254 g/mol. The largest absolute Gasteiger partial charge is 0.330 e. The van der Waals surface area contributed by atoms with Crippen LogP contribution in [-0.2, 0) is 10.3 Å². The van der Waals surface area contributed by atoms with Crippen molar-refractivity contribution in [3.8, 4) is 0 Å². The number of nitrogens with zero attached hydrogens (tertiary/aromatic N) is 1. The van der Waals surface area contributed by atoms with Gasteiger partial charge in [-0.3, -0.25) is 9.69 Å². The van der Waals surface area contributed by atoms with E-state index in [0.29, 0.717) is 19.5 Å². The van der Waals surface area contributed by atoms with Gasteiger partial charge >= 0.3 is 6.03 Å². The molecule has 3 N–H and O–H groups in total. The number of hydrogen-bond donors (Lipinski definition) is 2. The highest BCUT2D eigenvalue weighted by Crippen LogP contribution is 2.31. The van der Waals surface area contributed by atoms with E-state index in [0.717, 1.165) is 16.7 Å². The molecule has 1 aliphatic rings. The van der Waals surface area contributed by atoms with Crippen LogP contribution < -0.4 is 11.1 Å². The second-order valence-electron chi connectivity index (χ2n) is 5.47. The third kappa shape index (κ3) is 2.29. The Kier molecular flexibility index (Phi) is 3.81. The first-order valence-electron chi connectivity index (χ1n) is 6.82. The van der Waals surface area contributed by atoms with Gasteiger partial charge in [0, 0.05) is 6.54 Å². The van der Waals surface area contributed by atoms with Crippen LogP contribution in [0.4, 0.5) is 4.79 Å². The molecule has 1 fully saturated rings. The Balaban J connectivity index is 2.35. The van der Waals surface area contributed by atoms with Crippen LogP contribution >= 0.6 is 0 Å². The lowest BCUT2D eigenvalue weighted by Gasteiger charge is -2.24. The third-order valence-corrected chi connectivity index (χ3v) is 3.78. The number of carbonyl (C=O) groups excluding carboxylic acids is 2. The van der Waals surface area contributed by atoms with Gasteiger partial charge in [-0.2, -0.15) is 0 Å². The average molecular weight is 275 g/mol. The van der Waals surface area contributed by atoms with Gasteiger partial charge in [0.15, 0.2) is 0 Å². The van der Waals surface area contributed by atoms with Crippen LogP contribution in [-0.4, -0.2) is 29.9 Å². The lowest BCUT2D eigenvalue weighted by atomic mass is 9.87. The van der Waals surface area contributed by atoms with E-state index in [1.807, 2.05) is 32.0 Å². The molecule has 0 saturated carbocycles. The van der Waals surface area contributed by atoms with Gasteiger partial charge in [0.2, 0.25) is 0 Å². The summed E-state index contributed by atoms with van der Waals surface area (Å²) in [6, 6.07) is 5.54. The van der Waals surface area contributed by atoms with Crippen molar-refractivity contribution >= 4 is 11.9 Å². The zero-order valence-electron chi connectivity index (χ0n) is 12.2. The van der Waals surface area contributed by atoms with Crippen molar-refractivity contribution in [3.05, 3.63) is 34.9 Å². The minimum absolute atomic E-state index is 0.206. The van der Waals surface area contributed by atoms with Gasteiger partial charge in [0.25, 0.3) is 5.91 Å². The molecule has 0 aliphatic carbocycles. The summed E-state index contributed by atoms with van der Waals surface area (Å²) in [6.07, 6.45) is 0.613. The molecule has 0 bridgehead atoms. The first-order chi connectivity index (χ1) is 9.40. The van der Waals surface area contributed by atoms with Crippen LogP contribution in [0.25, 0.3) is 0 Å². The first-order valence-corrected chi connectivity index (χ1v) is 6.82. The van der Waals surface area contributed by atoms with Gasteiger partial charge in [-0.25, -0.2) is 4.79 Å². The number of nitrogens with two attached hydrogens (primary N) is 1. The third-order valence-electron chi connectivity index (χ3n) is 3.78. The molecule has 0 spiro atoms. The van der Waals surface area contributed by atoms with Gasteiger partial charge < -0.3 is 11.1 Å². The topological polar surface area (TPSA) is 75.4 Å². The minimum atomic E-state index is -0.983. The quantitative estimate of drug-likeness (QED) is 0.816. The van der Waals surface area contributed by atoms with Crippen LogP contribution in [0.2, 0.25) is 0 Å². The summed E-state index contributed by atoms with van der Waals surface area (Å²) in [5.41, 5.74) is 7.44. The number of nitrogens with one attached hydrogen (secondary N) is 1. The Morgan fingerprint density at radius 3 is 2.60 bits per heavy atom. The molecule has 1 unspecified atom stereocenters. The average Bonchev–Trinajstić information content (AvgIpc) is 2.59. The fraction of sp³-hybridized carbons (Fsp3) is 0.467. The van der Waals surface area contributed by atoms with Gasteiger partial charge in [-0.1, -0.05) is 23.8 Å². The van der Waals surface area contributed by atoms with Gasteiger partial charge in [-0.05, 0) is 44.9 Å². The zero-order valence-corrected chi connectivity index (χ0v) is 12.2. The molecule has 1 atom stereocenters. The second kappa shape index (κ2) is 5.25. The molecule has 5 heteroatoms. The molecule has 108 valence electrons. The van der Waals surface area contributed by atoms with Crippen molar-refractivity contribution in [2.24, 2.45) is 5.73 Å². The van der Waals surface area contributed by atoms with E-state index in [1.54, 1.807) is 6.92 Å². The Labute approximate surface area is 119 Å². The van der Waals surface area contributed by atoms with E-state index < -0.39 is 5.54 Å². The number of carbonyl (C=O) groups is 2. The summed E-state index contributed by atoms with van der Waals surface area (Å²) in [5, 5.41) is 2.81. The number of aryl methyl sites for hydroxylation is 2. The predicted octanol–water partition coefficient (Wildman–Crippen LogP) is 1.42. The van der Waals surface area contributed by atoms with Crippen molar-refractivity contribution in [1.29, 1.82) is 0 Å². The number of hydrogen-bond acceptors (Lipinski definition) is 3. The number of amides is 3. The van der Waals surface area contributed by atoms with Gasteiger partial charge in [0.05, 0.1) is 0 Å². The lowest BCUT2D eigenvalue weighted by molar-refractivity contribution is -0.131. The Morgan fingerprint density at radius 2 is 2.00 bits per heavy atom. The van der Waals surface area contributed by atoms with E-state index >= 15 is 0 Å². The molecule has 2 rings (SSSR count). The van der Waals surface area contributed by atoms with Crippen LogP contribution in [0.15, 0.2) is 18.2 Å². The van der Waals surface area contributed by atoms with Crippen LogP contribution in [0.5, 0.6) is 0 Å². The van der Waals surface area contributed by atoms with E-state index in [1.165, 1.54) is 4.90 Å². The highest BCUT2D eigenvalue weighted by Gasteiger charge is 2.49. The number of rotatable bonds is 4. The van der Waals surface area contributed by atoms with Crippen molar-refractivity contribution in [1.82, 2.24) is 10.2 Å². The SMILES string of the molecule is Cc1ccc(C2(C)NC(=O)N(CCCN)C2=O)c(C)c1. The standard InChI is InChI=1S/C15H21N3O2/c1-10-5-6-12(11(2)9-10)15(3)13(19)18(8-4-7-16)14(20)17-15/h5-6,9H,4,7-8,16H2,1-3H3,(H,17,20). The number of urea groups is 1. The van der Waals surface area contributed by atoms with Crippen LogP contribution in [0, 0.1) is 13.8 Å². The maximum atomic E-state index is 12.6. The second-order valence-corrected chi connectivity index (χ2v) is 5.47. The Bertz CT molecular complexity index is 556. The highest BCUT2D eigenvalue weighted by molar-refractivity contribution is 6.07. The van der Waals surface area contributed by atoms with Crippen molar-refractivity contribution in [3.63, 3.8) is 0 Å². The summed E-state index contributed by atoms with van der Waals surface area (Å²) in [6.45, 7) is 6.53. The Hall–Kier alpha value is -1.88. The van der Waals surface area contributed by atoms with Crippen LogP contribution in [0.3, 0.4) is 0 Å². The molecule has 1 aliphatic heterocycles. The van der Waals surface area contributed by atoms with Crippen molar-refractivity contribution in [2.75, 3.05) is 13.1 Å². The monoisotopic (exact) mass is 275 g/mol. The molecule has 20 heavy (non-hydrogen) atoms. The lowest BCUT2D eigenvalue weighted by Crippen LogP contribution is -2.41. The first kappa shape index (κ1) is 14.5. The molecular formula is C15H21N3O2. The molecule has 0 radical (unpaired) electrons. The van der Waals surface area contributed by atoms with E-state index in [9.17, 15) is 9.59 Å². The van der Waals surface area contributed by atoms with E-state index in [-0.39, 0.29) is 11.9 Å². The maximum absolute atomic E-state index is 12.6. The molecule has 1 saturated heterocycles. The molecule has 1 aromatic carbocycles. The molecule has 0 aromatic heterocycles. The summed E-state index contributed by atoms with van der Waals surface area (Å²) in [5.74, 6) is -0.206. The van der Waals surface area contributed by atoms with Crippen LogP contribution in [0.1, 0.15) is 30.0 Å². The highest BCUT2D eigenvalue weighted by atomic mass is 16.2. The predicted molar refractivity (Wildman–Crippen MR) is 77.2 cm³/mol. The fourth-order valence-electron chi connectivity index (χ4n) is 2.71. The minimum Gasteiger partial charge on any atom is -0.330 e. The summed E-state index contributed by atoms with van der Waals surface area (Å²) < 4.78 is 0. The maximum Gasteiger partial charge on any atom is 0.325 e. The zero-order chi connectivity index (χ0) is 14.9. The summed E-state index contributed by atoms with van der Waals surface area (Å²) >= 11 is 0. The normalized spacial score (nSPS) is 22.3. The molecule has 1 heterocycles. The summed E-state index contributed by atoms with van der Waals surface area (Å²) in [4.78, 5) is 25.8. The fourth-order valence-corrected chi connectivity index (χ4v) is 2.71.